The van der Waals surface area contributed by atoms with Gasteiger partial charge in [-0.05, 0) is 30.0 Å². The Morgan fingerprint density at radius 2 is 2.11 bits per heavy atom. The van der Waals surface area contributed by atoms with Crippen molar-refractivity contribution >= 4 is 33.2 Å². The summed E-state index contributed by atoms with van der Waals surface area (Å²) in [5.74, 6) is 0.785. The summed E-state index contributed by atoms with van der Waals surface area (Å²) in [5, 5.41) is 2.52. The number of halogens is 1. The summed E-state index contributed by atoms with van der Waals surface area (Å²) < 4.78 is 1.61. The number of thiophene rings is 1. The molecule has 0 amide bonds. The fourth-order valence-corrected chi connectivity index (χ4v) is 3.06. The molecule has 3 rings (SSSR count). The van der Waals surface area contributed by atoms with Crippen LogP contribution in [-0.4, -0.2) is 9.55 Å². The van der Waals surface area contributed by atoms with Crippen LogP contribution in [0.25, 0.3) is 15.9 Å². The molecular formula is C14H11ClN2OS. The monoisotopic (exact) mass is 290 g/mol. The van der Waals surface area contributed by atoms with Crippen molar-refractivity contribution in [2.75, 3.05) is 0 Å². The van der Waals surface area contributed by atoms with Gasteiger partial charge >= 0.3 is 0 Å². The maximum Gasteiger partial charge on any atom is 0.266 e. The summed E-state index contributed by atoms with van der Waals surface area (Å²) in [4.78, 5) is 17.8. The smallest absolute Gasteiger partial charge is 0.266 e. The molecule has 0 aliphatic heterocycles. The number of hydrogen-bond acceptors (Lipinski definition) is 3. The van der Waals surface area contributed by atoms with Gasteiger partial charge in [-0.1, -0.05) is 18.2 Å². The van der Waals surface area contributed by atoms with E-state index in [1.807, 2.05) is 42.6 Å². The molecule has 0 aliphatic carbocycles. The molecule has 3 aromatic rings. The summed E-state index contributed by atoms with van der Waals surface area (Å²) >= 11 is 7.41. The highest BCUT2D eigenvalue weighted by atomic mass is 35.5. The van der Waals surface area contributed by atoms with Crippen LogP contribution in [0.15, 0.2) is 40.5 Å². The quantitative estimate of drug-likeness (QED) is 0.677. The standard InChI is InChI=1S/C14H11ClN2OS/c1-9-4-2-3-5-11(9)17-12(8-15)16-13-10(14(17)18)6-7-19-13/h2-7H,8H2,1H3. The first kappa shape index (κ1) is 12.4. The van der Waals surface area contributed by atoms with Crippen molar-refractivity contribution in [2.24, 2.45) is 0 Å². The van der Waals surface area contributed by atoms with Crippen molar-refractivity contribution < 1.29 is 0 Å². The maximum absolute atomic E-state index is 12.6. The molecule has 5 heteroatoms. The SMILES string of the molecule is Cc1ccccc1-n1c(CCl)nc2sccc2c1=O. The average molecular weight is 291 g/mol. The predicted octanol–water partition coefficient (Wildman–Crippen LogP) is 3.49. The molecule has 0 spiro atoms. The highest BCUT2D eigenvalue weighted by Crippen LogP contribution is 2.20. The molecule has 3 nitrogen and oxygen atoms in total. The first-order chi connectivity index (χ1) is 9.22. The maximum atomic E-state index is 12.6. The van der Waals surface area contributed by atoms with Gasteiger partial charge < -0.3 is 0 Å². The molecule has 0 bridgehead atoms. The summed E-state index contributed by atoms with van der Waals surface area (Å²) in [7, 11) is 0. The lowest BCUT2D eigenvalue weighted by molar-refractivity contribution is 0.877. The third kappa shape index (κ3) is 1.97. The second-order valence-electron chi connectivity index (χ2n) is 4.23. The van der Waals surface area contributed by atoms with Gasteiger partial charge in [0.1, 0.15) is 10.7 Å². The highest BCUT2D eigenvalue weighted by Gasteiger charge is 2.13. The molecule has 1 aromatic carbocycles. The molecule has 0 radical (unpaired) electrons. The molecule has 0 saturated heterocycles. The summed E-state index contributed by atoms with van der Waals surface area (Å²) in [6, 6.07) is 9.54. The van der Waals surface area contributed by atoms with Gasteiger partial charge in [-0.25, -0.2) is 4.98 Å². The van der Waals surface area contributed by atoms with Gasteiger partial charge in [-0.3, -0.25) is 9.36 Å². The zero-order valence-corrected chi connectivity index (χ0v) is 11.8. The van der Waals surface area contributed by atoms with Crippen LogP contribution in [-0.2, 0) is 5.88 Å². The van der Waals surface area contributed by atoms with E-state index in [-0.39, 0.29) is 11.4 Å². The van der Waals surface area contributed by atoms with Crippen LogP contribution in [0.2, 0.25) is 0 Å². The Morgan fingerprint density at radius 3 is 2.84 bits per heavy atom. The van der Waals surface area contributed by atoms with Crippen LogP contribution in [0.4, 0.5) is 0 Å². The zero-order valence-electron chi connectivity index (χ0n) is 10.3. The largest absolute Gasteiger partial charge is 0.268 e. The number of aryl methyl sites for hydroxylation is 1. The fraction of sp³-hybridized carbons (Fsp3) is 0.143. The first-order valence-corrected chi connectivity index (χ1v) is 7.25. The van der Waals surface area contributed by atoms with Gasteiger partial charge in [-0.15, -0.1) is 22.9 Å². The molecule has 19 heavy (non-hydrogen) atoms. The van der Waals surface area contributed by atoms with E-state index in [9.17, 15) is 4.79 Å². The van der Waals surface area contributed by atoms with Crippen LogP contribution in [0.3, 0.4) is 0 Å². The Kier molecular flexibility index (Phi) is 3.12. The van der Waals surface area contributed by atoms with E-state index >= 15 is 0 Å². The number of aromatic nitrogens is 2. The zero-order chi connectivity index (χ0) is 13.4. The summed E-state index contributed by atoms with van der Waals surface area (Å²) in [6.45, 7) is 1.97. The van der Waals surface area contributed by atoms with Crippen LogP contribution in [0, 0.1) is 6.92 Å². The number of alkyl halides is 1. The summed E-state index contributed by atoms with van der Waals surface area (Å²) in [5.41, 5.74) is 1.80. The normalized spacial score (nSPS) is 11.1. The molecule has 0 saturated carbocycles. The molecule has 0 N–H and O–H groups in total. The third-order valence-electron chi connectivity index (χ3n) is 3.04. The average Bonchev–Trinajstić information content (AvgIpc) is 2.88. The number of para-hydroxylation sites is 1. The van der Waals surface area contributed by atoms with E-state index in [1.54, 1.807) is 4.57 Å². The molecule has 96 valence electrons. The van der Waals surface area contributed by atoms with Crippen LogP contribution in [0.5, 0.6) is 0 Å². The second kappa shape index (κ2) is 4.79. The Bertz CT molecular complexity index is 807. The fourth-order valence-electron chi connectivity index (χ4n) is 2.11. The van der Waals surface area contributed by atoms with Crippen molar-refractivity contribution in [1.29, 1.82) is 0 Å². The van der Waals surface area contributed by atoms with E-state index < -0.39 is 0 Å². The van der Waals surface area contributed by atoms with Gasteiger partial charge in [-0.2, -0.15) is 0 Å². The molecule has 0 aliphatic rings. The molecular weight excluding hydrogens is 280 g/mol. The van der Waals surface area contributed by atoms with Crippen molar-refractivity contribution in [3.63, 3.8) is 0 Å². The number of hydrogen-bond donors (Lipinski definition) is 0. The van der Waals surface area contributed by atoms with Crippen molar-refractivity contribution in [3.05, 3.63) is 57.5 Å². The predicted molar refractivity (Wildman–Crippen MR) is 79.5 cm³/mol. The Balaban J connectivity index is 2.43. The van der Waals surface area contributed by atoms with Crippen LogP contribution < -0.4 is 5.56 Å². The first-order valence-electron chi connectivity index (χ1n) is 5.83. The number of benzene rings is 1. The molecule has 2 heterocycles. The lowest BCUT2D eigenvalue weighted by Crippen LogP contribution is -2.23. The minimum absolute atomic E-state index is 0.0591. The number of fused-ring (bicyclic) bond motifs is 1. The van der Waals surface area contributed by atoms with Crippen molar-refractivity contribution in [2.45, 2.75) is 12.8 Å². The topological polar surface area (TPSA) is 34.9 Å². The van der Waals surface area contributed by atoms with E-state index in [2.05, 4.69) is 4.98 Å². The minimum Gasteiger partial charge on any atom is -0.268 e. The van der Waals surface area contributed by atoms with Crippen molar-refractivity contribution in [3.8, 4) is 5.69 Å². The van der Waals surface area contributed by atoms with Gasteiger partial charge in [0.2, 0.25) is 0 Å². The van der Waals surface area contributed by atoms with E-state index in [0.29, 0.717) is 11.2 Å². The lowest BCUT2D eigenvalue weighted by Gasteiger charge is -2.12. The second-order valence-corrected chi connectivity index (χ2v) is 5.39. The van der Waals surface area contributed by atoms with Crippen LogP contribution >= 0.6 is 22.9 Å². The van der Waals surface area contributed by atoms with E-state index in [4.69, 9.17) is 11.6 Å². The molecule has 2 aromatic heterocycles. The number of rotatable bonds is 2. The Hall–Kier alpha value is -1.65. The molecule has 0 fully saturated rings. The summed E-state index contributed by atoms with van der Waals surface area (Å²) in [6.07, 6.45) is 0. The van der Waals surface area contributed by atoms with Crippen LogP contribution in [0.1, 0.15) is 11.4 Å². The molecule has 0 atom stereocenters. The van der Waals surface area contributed by atoms with E-state index in [1.165, 1.54) is 11.3 Å². The Labute approximate surface area is 119 Å². The number of nitrogens with zero attached hydrogens (tertiary/aromatic N) is 2. The van der Waals surface area contributed by atoms with Gasteiger partial charge in [0.15, 0.2) is 0 Å². The Morgan fingerprint density at radius 1 is 1.32 bits per heavy atom. The minimum atomic E-state index is -0.0591. The highest BCUT2D eigenvalue weighted by molar-refractivity contribution is 7.16. The third-order valence-corrected chi connectivity index (χ3v) is 4.09. The van der Waals surface area contributed by atoms with Gasteiger partial charge in [0, 0.05) is 0 Å². The van der Waals surface area contributed by atoms with E-state index in [0.717, 1.165) is 16.1 Å². The van der Waals surface area contributed by atoms with Gasteiger partial charge in [0.05, 0.1) is 17.0 Å². The lowest BCUT2D eigenvalue weighted by atomic mass is 10.2. The molecule has 0 unspecified atom stereocenters. The van der Waals surface area contributed by atoms with Gasteiger partial charge in [0.25, 0.3) is 5.56 Å². The van der Waals surface area contributed by atoms with Crippen molar-refractivity contribution in [1.82, 2.24) is 9.55 Å².